The van der Waals surface area contributed by atoms with E-state index in [0.717, 1.165) is 46.4 Å². The van der Waals surface area contributed by atoms with Crippen LogP contribution in [0.15, 0.2) is 115 Å². The van der Waals surface area contributed by atoms with Crippen LogP contribution in [0.5, 0.6) is 34.5 Å². The normalized spacial score (nSPS) is 13.0. The first kappa shape index (κ1) is 30.2. The van der Waals surface area contributed by atoms with Gasteiger partial charge in [0, 0.05) is 0 Å². The SMILES string of the molecule is COc1ccc(Oc2cccc(CCc3ccc(OCc4ccccc4)c(Oc4ccc(CO)cc4)c3)c2)c(C2OCCO2)c1. The van der Waals surface area contributed by atoms with Crippen LogP contribution in [-0.2, 0) is 35.5 Å². The summed E-state index contributed by atoms with van der Waals surface area (Å²) in [6.07, 6.45) is 1.11. The van der Waals surface area contributed by atoms with Crippen molar-refractivity contribution in [3.63, 3.8) is 0 Å². The predicted octanol–water partition coefficient (Wildman–Crippen LogP) is 8.18. The first-order valence-corrected chi connectivity index (χ1v) is 15.0. The number of hydrogen-bond acceptors (Lipinski definition) is 7. The van der Waals surface area contributed by atoms with Crippen molar-refractivity contribution in [3.8, 4) is 34.5 Å². The van der Waals surface area contributed by atoms with Crippen molar-refractivity contribution in [2.24, 2.45) is 0 Å². The largest absolute Gasteiger partial charge is 0.497 e. The Morgan fingerprint density at radius 1 is 0.600 bits per heavy atom. The Kier molecular flexibility index (Phi) is 9.92. The average Bonchev–Trinajstić information content (AvgIpc) is 3.63. The van der Waals surface area contributed by atoms with Crippen molar-refractivity contribution in [3.05, 3.63) is 143 Å². The lowest BCUT2D eigenvalue weighted by Crippen LogP contribution is -2.02. The van der Waals surface area contributed by atoms with E-state index in [1.165, 1.54) is 0 Å². The van der Waals surface area contributed by atoms with Crippen LogP contribution in [0.4, 0.5) is 0 Å². The highest BCUT2D eigenvalue weighted by Crippen LogP contribution is 2.37. The van der Waals surface area contributed by atoms with Crippen LogP contribution in [0.2, 0.25) is 0 Å². The molecular weight excluding hydrogens is 568 g/mol. The summed E-state index contributed by atoms with van der Waals surface area (Å²) >= 11 is 0. The van der Waals surface area contributed by atoms with Crippen LogP contribution >= 0.6 is 0 Å². The number of hydrogen-bond donors (Lipinski definition) is 1. The summed E-state index contributed by atoms with van der Waals surface area (Å²) in [6, 6.07) is 37.3. The van der Waals surface area contributed by atoms with Gasteiger partial charge >= 0.3 is 0 Å². The highest BCUT2D eigenvalue weighted by atomic mass is 16.7. The zero-order chi connectivity index (χ0) is 30.8. The Balaban J connectivity index is 1.17. The minimum absolute atomic E-state index is 0.0158. The van der Waals surface area contributed by atoms with Crippen molar-refractivity contribution < 1.29 is 33.5 Å². The van der Waals surface area contributed by atoms with Gasteiger partial charge in [-0.2, -0.15) is 0 Å². The summed E-state index contributed by atoms with van der Waals surface area (Å²) in [5.74, 6) is 4.09. The lowest BCUT2D eigenvalue weighted by atomic mass is 10.0. The summed E-state index contributed by atoms with van der Waals surface area (Å²) in [4.78, 5) is 0. The standard InChI is InChI=1S/C38H36O7/c1-40-32-17-19-35(34(24-32)38-41-20-21-42-38)45-33-9-5-8-27(22-33)10-11-28-14-18-36(43-26-30-6-3-2-4-7-30)37(23-28)44-31-15-12-29(25-39)13-16-31/h2-9,12-19,22-24,38-39H,10-11,20-21,25-26H2,1H3. The maximum Gasteiger partial charge on any atom is 0.187 e. The number of aryl methyl sites for hydroxylation is 2. The molecule has 5 aromatic rings. The minimum atomic E-state index is -0.484. The van der Waals surface area contributed by atoms with Crippen molar-refractivity contribution >= 4 is 0 Å². The lowest BCUT2D eigenvalue weighted by Gasteiger charge is -2.17. The van der Waals surface area contributed by atoms with Crippen LogP contribution in [0.25, 0.3) is 0 Å². The average molecular weight is 605 g/mol. The van der Waals surface area contributed by atoms with Crippen molar-refractivity contribution in [1.82, 2.24) is 0 Å². The molecule has 0 aromatic heterocycles. The molecule has 0 bridgehead atoms. The Morgan fingerprint density at radius 2 is 1.27 bits per heavy atom. The molecule has 0 saturated carbocycles. The van der Waals surface area contributed by atoms with Gasteiger partial charge in [-0.05, 0) is 89.7 Å². The van der Waals surface area contributed by atoms with Crippen LogP contribution in [-0.4, -0.2) is 25.4 Å². The van der Waals surface area contributed by atoms with E-state index in [-0.39, 0.29) is 6.61 Å². The van der Waals surface area contributed by atoms with E-state index in [2.05, 4.69) is 18.2 Å². The van der Waals surface area contributed by atoms with Gasteiger partial charge in [-0.25, -0.2) is 0 Å². The van der Waals surface area contributed by atoms with E-state index in [1.54, 1.807) is 7.11 Å². The molecule has 5 aromatic carbocycles. The summed E-state index contributed by atoms with van der Waals surface area (Å²) < 4.78 is 35.7. The number of benzene rings is 5. The van der Waals surface area contributed by atoms with Crippen LogP contribution in [0.1, 0.15) is 34.1 Å². The van der Waals surface area contributed by atoms with E-state index in [4.69, 9.17) is 28.4 Å². The Labute approximate surface area is 263 Å². The Morgan fingerprint density at radius 3 is 2.02 bits per heavy atom. The van der Waals surface area contributed by atoms with E-state index in [9.17, 15) is 5.11 Å². The van der Waals surface area contributed by atoms with Crippen molar-refractivity contribution in [2.75, 3.05) is 20.3 Å². The Bertz CT molecular complexity index is 1680. The molecule has 7 heteroatoms. The predicted molar refractivity (Wildman–Crippen MR) is 171 cm³/mol. The molecule has 1 aliphatic heterocycles. The molecule has 6 rings (SSSR count). The van der Waals surface area contributed by atoms with E-state index in [0.29, 0.717) is 48.6 Å². The number of aliphatic hydroxyl groups excluding tert-OH is 1. The van der Waals surface area contributed by atoms with Gasteiger partial charge in [0.2, 0.25) is 0 Å². The second-order valence-electron chi connectivity index (χ2n) is 10.7. The molecule has 0 spiro atoms. The zero-order valence-electron chi connectivity index (χ0n) is 25.2. The fourth-order valence-electron chi connectivity index (χ4n) is 5.08. The quantitative estimate of drug-likeness (QED) is 0.145. The second-order valence-corrected chi connectivity index (χ2v) is 10.7. The highest BCUT2D eigenvalue weighted by molar-refractivity contribution is 5.47. The van der Waals surface area contributed by atoms with Crippen LogP contribution in [0, 0.1) is 0 Å². The van der Waals surface area contributed by atoms with Crippen LogP contribution in [0.3, 0.4) is 0 Å². The topological polar surface area (TPSA) is 75.6 Å². The smallest absolute Gasteiger partial charge is 0.187 e. The van der Waals surface area contributed by atoms with Gasteiger partial charge in [-0.15, -0.1) is 0 Å². The maximum atomic E-state index is 9.41. The molecule has 230 valence electrons. The van der Waals surface area contributed by atoms with Gasteiger partial charge in [0.05, 0.1) is 32.5 Å². The first-order chi connectivity index (χ1) is 22.2. The van der Waals surface area contributed by atoms with Gasteiger partial charge in [-0.1, -0.05) is 60.7 Å². The molecule has 0 aliphatic carbocycles. The number of ether oxygens (including phenoxy) is 6. The Hall–Kier alpha value is -4.82. The van der Waals surface area contributed by atoms with Crippen LogP contribution < -0.4 is 18.9 Å². The molecule has 1 N–H and O–H groups in total. The molecule has 1 aliphatic rings. The van der Waals surface area contributed by atoms with E-state index in [1.807, 2.05) is 97.1 Å². The third-order valence-corrected chi connectivity index (χ3v) is 7.50. The first-order valence-electron chi connectivity index (χ1n) is 15.0. The second kappa shape index (κ2) is 14.8. The summed E-state index contributed by atoms with van der Waals surface area (Å²) in [5, 5.41) is 9.41. The summed E-state index contributed by atoms with van der Waals surface area (Å²) in [7, 11) is 1.63. The summed E-state index contributed by atoms with van der Waals surface area (Å²) in [5.41, 5.74) is 4.95. The maximum absolute atomic E-state index is 9.41. The molecule has 0 amide bonds. The van der Waals surface area contributed by atoms with Gasteiger partial charge < -0.3 is 33.5 Å². The van der Waals surface area contributed by atoms with Gasteiger partial charge in [0.1, 0.15) is 29.6 Å². The van der Waals surface area contributed by atoms with Gasteiger partial charge in [-0.3, -0.25) is 0 Å². The molecule has 1 saturated heterocycles. The zero-order valence-corrected chi connectivity index (χ0v) is 25.2. The number of aliphatic hydroxyl groups is 1. The molecule has 45 heavy (non-hydrogen) atoms. The lowest BCUT2D eigenvalue weighted by molar-refractivity contribution is -0.0453. The van der Waals surface area contributed by atoms with E-state index >= 15 is 0 Å². The number of methoxy groups -OCH3 is 1. The number of rotatable bonds is 13. The highest BCUT2D eigenvalue weighted by Gasteiger charge is 2.23. The molecular formula is C38H36O7. The molecule has 0 radical (unpaired) electrons. The van der Waals surface area contributed by atoms with Gasteiger partial charge in [0.25, 0.3) is 0 Å². The molecule has 0 unspecified atom stereocenters. The molecule has 1 heterocycles. The monoisotopic (exact) mass is 604 g/mol. The van der Waals surface area contributed by atoms with Crippen molar-refractivity contribution in [2.45, 2.75) is 32.3 Å². The summed E-state index contributed by atoms with van der Waals surface area (Å²) in [6.45, 7) is 1.50. The molecule has 7 nitrogen and oxygen atoms in total. The third kappa shape index (κ3) is 8.02. The molecule has 1 fully saturated rings. The molecule has 0 atom stereocenters. The van der Waals surface area contributed by atoms with E-state index < -0.39 is 6.29 Å². The van der Waals surface area contributed by atoms with Gasteiger partial charge in [0.15, 0.2) is 17.8 Å². The third-order valence-electron chi connectivity index (χ3n) is 7.50. The fraction of sp³-hybridized carbons (Fsp3) is 0.211. The fourth-order valence-corrected chi connectivity index (χ4v) is 5.08. The van der Waals surface area contributed by atoms with Crippen molar-refractivity contribution in [1.29, 1.82) is 0 Å². The minimum Gasteiger partial charge on any atom is -0.497 e.